The molecule has 2 rings (SSSR count). The molecular formula is C14H26N4O. The molecule has 5 heteroatoms. The van der Waals surface area contributed by atoms with E-state index in [2.05, 4.69) is 48.5 Å². The maximum atomic E-state index is 5.63. The zero-order valence-electron chi connectivity index (χ0n) is 12.5. The van der Waals surface area contributed by atoms with Crippen LogP contribution in [0.2, 0.25) is 0 Å². The molecule has 1 saturated carbocycles. The highest BCUT2D eigenvalue weighted by molar-refractivity contribution is 5.21. The van der Waals surface area contributed by atoms with Gasteiger partial charge in [-0.2, -0.15) is 0 Å². The van der Waals surface area contributed by atoms with Crippen molar-refractivity contribution in [3.63, 3.8) is 0 Å². The summed E-state index contributed by atoms with van der Waals surface area (Å²) in [5, 5.41) is 14.8. The topological polar surface area (TPSA) is 63.0 Å². The van der Waals surface area contributed by atoms with Crippen molar-refractivity contribution in [3.8, 4) is 0 Å². The Hall–Kier alpha value is -1.10. The summed E-state index contributed by atoms with van der Waals surface area (Å²) in [6, 6.07) is 1.40. The van der Waals surface area contributed by atoms with Gasteiger partial charge >= 0.3 is 6.01 Å². The third-order valence-corrected chi connectivity index (χ3v) is 3.93. The van der Waals surface area contributed by atoms with Crippen LogP contribution >= 0.6 is 0 Å². The van der Waals surface area contributed by atoms with E-state index in [1.54, 1.807) is 0 Å². The Bertz CT molecular complexity index is 400. The monoisotopic (exact) mass is 266 g/mol. The number of anilines is 1. The standard InChI is InChI=1S/C14H26N4O/c1-10(2)15-9-12-17-18-13(19-12)16-11-7-5-6-8-14(11,3)4/h10-11,15H,5-9H2,1-4H3,(H,16,18). The fraction of sp³-hybridized carbons (Fsp3) is 0.857. The summed E-state index contributed by atoms with van der Waals surface area (Å²) in [6.07, 6.45) is 5.02. The molecule has 0 aliphatic heterocycles. The van der Waals surface area contributed by atoms with Crippen molar-refractivity contribution in [2.45, 2.75) is 72.0 Å². The molecule has 1 aliphatic carbocycles. The van der Waals surface area contributed by atoms with E-state index >= 15 is 0 Å². The molecule has 1 fully saturated rings. The third kappa shape index (κ3) is 3.93. The second-order valence-electron chi connectivity index (χ2n) is 6.47. The smallest absolute Gasteiger partial charge is 0.315 e. The largest absolute Gasteiger partial charge is 0.407 e. The molecule has 0 radical (unpaired) electrons. The Kier molecular flexibility index (Phi) is 4.45. The van der Waals surface area contributed by atoms with Crippen LogP contribution < -0.4 is 10.6 Å². The second-order valence-corrected chi connectivity index (χ2v) is 6.47. The predicted molar refractivity (Wildman–Crippen MR) is 75.9 cm³/mol. The summed E-state index contributed by atoms with van der Waals surface area (Å²) < 4.78 is 5.63. The highest BCUT2D eigenvalue weighted by atomic mass is 16.4. The summed E-state index contributed by atoms with van der Waals surface area (Å²) in [4.78, 5) is 0. The fourth-order valence-electron chi connectivity index (χ4n) is 2.59. The van der Waals surface area contributed by atoms with Crippen molar-refractivity contribution in [2.75, 3.05) is 5.32 Å². The van der Waals surface area contributed by atoms with Gasteiger partial charge in [0.25, 0.3) is 0 Å². The highest BCUT2D eigenvalue weighted by Crippen LogP contribution is 2.36. The lowest BCUT2D eigenvalue weighted by atomic mass is 9.73. The SMILES string of the molecule is CC(C)NCc1nnc(NC2CCCCC2(C)C)o1. The van der Waals surface area contributed by atoms with Crippen LogP contribution in [-0.4, -0.2) is 22.3 Å². The van der Waals surface area contributed by atoms with Crippen molar-refractivity contribution in [3.05, 3.63) is 5.89 Å². The minimum absolute atomic E-state index is 0.295. The summed E-state index contributed by atoms with van der Waals surface area (Å²) in [5.74, 6) is 0.643. The number of hydrogen-bond donors (Lipinski definition) is 2. The molecule has 2 N–H and O–H groups in total. The van der Waals surface area contributed by atoms with Gasteiger partial charge in [0.05, 0.1) is 6.54 Å². The molecule has 0 bridgehead atoms. The van der Waals surface area contributed by atoms with Crippen LogP contribution in [0.1, 0.15) is 59.3 Å². The zero-order chi connectivity index (χ0) is 13.9. The van der Waals surface area contributed by atoms with Gasteiger partial charge in [-0.15, -0.1) is 5.10 Å². The lowest BCUT2D eigenvalue weighted by Gasteiger charge is -2.38. The van der Waals surface area contributed by atoms with Crippen molar-refractivity contribution >= 4 is 6.01 Å². The maximum Gasteiger partial charge on any atom is 0.315 e. The first-order chi connectivity index (χ1) is 8.97. The van der Waals surface area contributed by atoms with Crippen molar-refractivity contribution in [2.24, 2.45) is 5.41 Å². The van der Waals surface area contributed by atoms with Crippen LogP contribution in [0.3, 0.4) is 0 Å². The van der Waals surface area contributed by atoms with E-state index in [0.717, 1.165) is 0 Å². The second kappa shape index (κ2) is 5.90. The van der Waals surface area contributed by atoms with Crippen LogP contribution in [0, 0.1) is 5.41 Å². The number of nitrogens with zero attached hydrogens (tertiary/aromatic N) is 2. The molecule has 19 heavy (non-hydrogen) atoms. The van der Waals surface area contributed by atoms with Gasteiger partial charge in [0.15, 0.2) is 0 Å². The first-order valence-corrected chi connectivity index (χ1v) is 7.30. The van der Waals surface area contributed by atoms with E-state index in [-0.39, 0.29) is 0 Å². The van der Waals surface area contributed by atoms with Gasteiger partial charge in [0.2, 0.25) is 5.89 Å². The average Bonchev–Trinajstić information content (AvgIpc) is 2.77. The number of hydrogen-bond acceptors (Lipinski definition) is 5. The normalized spacial score (nSPS) is 22.7. The molecule has 1 aromatic rings. The fourth-order valence-corrected chi connectivity index (χ4v) is 2.59. The van der Waals surface area contributed by atoms with E-state index in [0.29, 0.717) is 35.9 Å². The highest BCUT2D eigenvalue weighted by Gasteiger charge is 2.33. The Morgan fingerprint density at radius 1 is 1.32 bits per heavy atom. The molecule has 1 unspecified atom stereocenters. The molecule has 5 nitrogen and oxygen atoms in total. The van der Waals surface area contributed by atoms with E-state index in [4.69, 9.17) is 4.42 Å². The van der Waals surface area contributed by atoms with Gasteiger partial charge < -0.3 is 15.1 Å². The van der Waals surface area contributed by atoms with Crippen LogP contribution in [0.15, 0.2) is 4.42 Å². The molecule has 0 aromatic carbocycles. The summed E-state index contributed by atoms with van der Waals surface area (Å²) >= 11 is 0. The van der Waals surface area contributed by atoms with Crippen molar-refractivity contribution in [1.82, 2.24) is 15.5 Å². The zero-order valence-corrected chi connectivity index (χ0v) is 12.5. The third-order valence-electron chi connectivity index (χ3n) is 3.93. The van der Waals surface area contributed by atoms with Crippen LogP contribution in [0.25, 0.3) is 0 Å². The van der Waals surface area contributed by atoms with Gasteiger partial charge in [-0.25, -0.2) is 0 Å². The van der Waals surface area contributed by atoms with E-state index in [1.807, 2.05) is 0 Å². The Morgan fingerprint density at radius 2 is 2.11 bits per heavy atom. The van der Waals surface area contributed by atoms with Gasteiger partial charge in [0.1, 0.15) is 0 Å². The van der Waals surface area contributed by atoms with Crippen LogP contribution in [0.4, 0.5) is 6.01 Å². The van der Waals surface area contributed by atoms with Gasteiger partial charge in [-0.3, -0.25) is 0 Å². The van der Waals surface area contributed by atoms with Gasteiger partial charge in [-0.05, 0) is 18.3 Å². The molecule has 0 amide bonds. The number of nitrogens with one attached hydrogen (secondary N) is 2. The van der Waals surface area contributed by atoms with Crippen molar-refractivity contribution in [1.29, 1.82) is 0 Å². The van der Waals surface area contributed by atoms with Crippen molar-refractivity contribution < 1.29 is 4.42 Å². The molecule has 0 spiro atoms. The minimum atomic E-state index is 0.295. The van der Waals surface area contributed by atoms with Crippen LogP contribution in [0.5, 0.6) is 0 Å². The predicted octanol–water partition coefficient (Wildman–Crippen LogP) is 2.95. The molecule has 108 valence electrons. The first-order valence-electron chi connectivity index (χ1n) is 7.30. The summed E-state index contributed by atoms with van der Waals surface area (Å²) in [5.41, 5.74) is 0.295. The molecule has 1 atom stereocenters. The molecule has 1 heterocycles. The summed E-state index contributed by atoms with van der Waals surface area (Å²) in [6.45, 7) is 9.43. The number of aromatic nitrogens is 2. The minimum Gasteiger partial charge on any atom is -0.407 e. The number of rotatable bonds is 5. The average molecular weight is 266 g/mol. The first kappa shape index (κ1) is 14.3. The lowest BCUT2D eigenvalue weighted by Crippen LogP contribution is -2.39. The molecular weight excluding hydrogens is 240 g/mol. The Labute approximate surface area is 115 Å². The van der Waals surface area contributed by atoms with E-state index in [1.165, 1.54) is 25.7 Å². The van der Waals surface area contributed by atoms with E-state index < -0.39 is 0 Å². The summed E-state index contributed by atoms with van der Waals surface area (Å²) in [7, 11) is 0. The quantitative estimate of drug-likeness (QED) is 0.858. The Morgan fingerprint density at radius 3 is 2.79 bits per heavy atom. The van der Waals surface area contributed by atoms with Gasteiger partial charge in [0, 0.05) is 12.1 Å². The van der Waals surface area contributed by atoms with E-state index in [9.17, 15) is 0 Å². The molecule has 1 aromatic heterocycles. The molecule has 1 aliphatic rings. The van der Waals surface area contributed by atoms with Crippen LogP contribution in [-0.2, 0) is 6.54 Å². The van der Waals surface area contributed by atoms with Gasteiger partial charge in [-0.1, -0.05) is 45.6 Å². The molecule has 0 saturated heterocycles. The lowest BCUT2D eigenvalue weighted by molar-refractivity contribution is 0.214. The maximum absolute atomic E-state index is 5.63. The Balaban J connectivity index is 1.92.